The molecule has 0 amide bonds. The van der Waals surface area contributed by atoms with Gasteiger partial charge in [-0.3, -0.25) is 14.4 Å². The third-order valence-corrected chi connectivity index (χ3v) is 0.664. The van der Waals surface area contributed by atoms with Gasteiger partial charge in [0, 0.05) is 27.7 Å². The van der Waals surface area contributed by atoms with Gasteiger partial charge in [-0.1, -0.05) is 0 Å². The first-order valence-corrected chi connectivity index (χ1v) is 3.79. The molecule has 0 aliphatic rings. The predicted octanol–water partition coefficient (Wildman–Crippen LogP) is 0.549. The van der Waals surface area contributed by atoms with Crippen molar-refractivity contribution in [3.63, 3.8) is 0 Å². The lowest BCUT2D eigenvalue weighted by Gasteiger charge is -2.10. The van der Waals surface area contributed by atoms with Crippen molar-refractivity contribution in [2.75, 3.05) is 0 Å². The van der Waals surface area contributed by atoms with Gasteiger partial charge in [-0.25, -0.2) is 0 Å². The number of ether oxygens (including phenoxy) is 2. The second-order valence-electron chi connectivity index (χ2n) is 2.31. The molecule has 0 aromatic heterocycles. The van der Waals surface area contributed by atoms with Crippen LogP contribution in [0.4, 0.5) is 0 Å². The van der Waals surface area contributed by atoms with E-state index in [1.54, 1.807) is 0 Å². The van der Waals surface area contributed by atoms with Crippen molar-refractivity contribution in [3.05, 3.63) is 0 Å². The first-order chi connectivity index (χ1) is 6.25. The summed E-state index contributed by atoms with van der Waals surface area (Å²) in [6, 6.07) is 0. The van der Waals surface area contributed by atoms with Crippen LogP contribution in [0.3, 0.4) is 0 Å². The minimum atomic E-state index is -0.833. The number of carbonyl (C=O) groups is 3. The number of aliphatic carboxylic acids is 1. The summed E-state index contributed by atoms with van der Waals surface area (Å²) >= 11 is 0. The highest BCUT2D eigenvalue weighted by atomic mass is 16.7. The number of hydrogen-bond donors (Lipinski definition) is 1. The summed E-state index contributed by atoms with van der Waals surface area (Å²) < 4.78 is 8.96. The fourth-order valence-electron chi connectivity index (χ4n) is 0.491. The summed E-state index contributed by atoms with van der Waals surface area (Å²) in [6.45, 7) is 5.06. The summed E-state index contributed by atoms with van der Waals surface area (Å²) in [5.41, 5.74) is 0. The van der Waals surface area contributed by atoms with Crippen LogP contribution in [0.2, 0.25) is 0 Å². The minimum Gasteiger partial charge on any atom is -0.481 e. The number of carbonyl (C=O) groups excluding carboxylic acids is 2. The van der Waals surface area contributed by atoms with Gasteiger partial charge >= 0.3 is 11.9 Å². The topological polar surface area (TPSA) is 89.9 Å². The van der Waals surface area contributed by atoms with Crippen molar-refractivity contribution in [1.82, 2.24) is 0 Å². The van der Waals surface area contributed by atoms with E-state index < -0.39 is 24.2 Å². The Labute approximate surface area is 81.8 Å². The largest absolute Gasteiger partial charge is 0.481 e. The summed E-state index contributed by atoms with van der Waals surface area (Å²) in [7, 11) is 0. The predicted molar refractivity (Wildman–Crippen MR) is 46.3 cm³/mol. The van der Waals surface area contributed by atoms with Crippen LogP contribution in [0.1, 0.15) is 27.7 Å². The number of hydrogen-bond acceptors (Lipinski definition) is 5. The van der Waals surface area contributed by atoms with Crippen molar-refractivity contribution in [2.24, 2.45) is 0 Å². The van der Waals surface area contributed by atoms with Gasteiger partial charge in [0.15, 0.2) is 0 Å². The Morgan fingerprint density at radius 1 is 1.00 bits per heavy atom. The van der Waals surface area contributed by atoms with E-state index in [1.165, 1.54) is 20.8 Å². The van der Waals surface area contributed by atoms with Crippen LogP contribution in [0, 0.1) is 0 Å². The van der Waals surface area contributed by atoms with E-state index in [1.807, 2.05) is 0 Å². The lowest BCUT2D eigenvalue weighted by molar-refractivity contribution is -0.181. The lowest BCUT2D eigenvalue weighted by atomic mass is 10.7. The summed E-state index contributed by atoms with van der Waals surface area (Å²) in [6.07, 6.45) is -0.782. The first kappa shape index (κ1) is 14.9. The zero-order valence-electron chi connectivity index (χ0n) is 8.57. The Hall–Kier alpha value is -1.59. The van der Waals surface area contributed by atoms with Gasteiger partial charge in [-0.05, 0) is 0 Å². The molecular weight excluding hydrogens is 192 g/mol. The third kappa shape index (κ3) is 22.4. The Kier molecular flexibility index (Phi) is 8.55. The fourth-order valence-corrected chi connectivity index (χ4v) is 0.491. The van der Waals surface area contributed by atoms with Gasteiger partial charge in [0.2, 0.25) is 6.29 Å². The van der Waals surface area contributed by atoms with Crippen molar-refractivity contribution in [2.45, 2.75) is 34.0 Å². The highest BCUT2D eigenvalue weighted by molar-refractivity contribution is 5.68. The molecule has 0 aliphatic carbocycles. The molecule has 0 saturated carbocycles. The molecule has 0 unspecified atom stereocenters. The van der Waals surface area contributed by atoms with Gasteiger partial charge in [0.1, 0.15) is 0 Å². The lowest BCUT2D eigenvalue weighted by Crippen LogP contribution is -2.18. The van der Waals surface area contributed by atoms with E-state index in [0.29, 0.717) is 0 Å². The van der Waals surface area contributed by atoms with Crippen LogP contribution in [-0.2, 0) is 23.9 Å². The molecule has 0 spiro atoms. The van der Waals surface area contributed by atoms with Crippen LogP contribution in [0.5, 0.6) is 0 Å². The average Bonchev–Trinajstić information content (AvgIpc) is 1.79. The maximum atomic E-state index is 10.2. The van der Waals surface area contributed by atoms with Crippen molar-refractivity contribution in [1.29, 1.82) is 0 Å². The number of carboxylic acids is 1. The molecule has 82 valence electrons. The van der Waals surface area contributed by atoms with Gasteiger partial charge in [-0.15, -0.1) is 0 Å². The van der Waals surface area contributed by atoms with Gasteiger partial charge in [-0.2, -0.15) is 0 Å². The van der Waals surface area contributed by atoms with Crippen LogP contribution in [0.25, 0.3) is 0 Å². The Morgan fingerprint density at radius 3 is 1.36 bits per heavy atom. The molecule has 0 fully saturated rings. The molecule has 0 radical (unpaired) electrons. The molecule has 0 bridgehead atoms. The molecule has 0 atom stereocenters. The molecule has 0 aromatic carbocycles. The molecule has 14 heavy (non-hydrogen) atoms. The molecule has 1 N–H and O–H groups in total. The van der Waals surface area contributed by atoms with Gasteiger partial charge < -0.3 is 14.6 Å². The quantitative estimate of drug-likeness (QED) is 0.524. The average molecular weight is 206 g/mol. The van der Waals surface area contributed by atoms with E-state index >= 15 is 0 Å². The molecular formula is C8H14O6. The van der Waals surface area contributed by atoms with E-state index in [4.69, 9.17) is 9.90 Å². The highest BCUT2D eigenvalue weighted by Crippen LogP contribution is 1.93. The van der Waals surface area contributed by atoms with E-state index in [9.17, 15) is 9.59 Å². The maximum absolute atomic E-state index is 10.2. The standard InChI is InChI=1S/C6H10O4.C2H4O2/c1-4(7)9-6(3)10-5(2)8;1-2(3)4/h6H,1-3H3;1H3,(H,3,4). The molecule has 0 rings (SSSR count). The summed E-state index contributed by atoms with van der Waals surface area (Å²) in [5.74, 6) is -1.76. The second kappa shape index (κ2) is 8.03. The number of carboxylic acid groups (broad SMARTS) is 1. The van der Waals surface area contributed by atoms with Crippen LogP contribution >= 0.6 is 0 Å². The van der Waals surface area contributed by atoms with E-state index in [0.717, 1.165) is 6.92 Å². The zero-order valence-corrected chi connectivity index (χ0v) is 8.57. The first-order valence-electron chi connectivity index (χ1n) is 3.79. The smallest absolute Gasteiger partial charge is 0.305 e. The Balaban J connectivity index is 0. The second-order valence-corrected chi connectivity index (χ2v) is 2.31. The van der Waals surface area contributed by atoms with Crippen molar-refractivity contribution < 1.29 is 29.0 Å². The monoisotopic (exact) mass is 206 g/mol. The normalized spacial score (nSPS) is 8.36. The molecule has 0 aromatic rings. The molecule has 0 heterocycles. The number of rotatable bonds is 2. The minimum absolute atomic E-state index is 0.464. The molecule has 6 nitrogen and oxygen atoms in total. The number of esters is 2. The van der Waals surface area contributed by atoms with Crippen LogP contribution < -0.4 is 0 Å². The van der Waals surface area contributed by atoms with Crippen LogP contribution in [0.15, 0.2) is 0 Å². The maximum Gasteiger partial charge on any atom is 0.305 e. The van der Waals surface area contributed by atoms with E-state index in [-0.39, 0.29) is 0 Å². The fraction of sp³-hybridized carbons (Fsp3) is 0.625. The molecule has 0 aliphatic heterocycles. The highest BCUT2D eigenvalue weighted by Gasteiger charge is 2.06. The Bertz CT molecular complexity index is 190. The van der Waals surface area contributed by atoms with E-state index in [2.05, 4.69) is 9.47 Å². The van der Waals surface area contributed by atoms with Crippen molar-refractivity contribution >= 4 is 17.9 Å². The molecule has 6 heteroatoms. The summed E-state index contributed by atoms with van der Waals surface area (Å²) in [4.78, 5) is 29.4. The molecule has 0 saturated heterocycles. The Morgan fingerprint density at radius 2 is 1.21 bits per heavy atom. The SMILES string of the molecule is CC(=O)O.CC(=O)OC(C)OC(C)=O. The van der Waals surface area contributed by atoms with Gasteiger partial charge in [0.25, 0.3) is 5.97 Å². The van der Waals surface area contributed by atoms with Gasteiger partial charge in [0.05, 0.1) is 0 Å². The third-order valence-electron chi connectivity index (χ3n) is 0.664. The zero-order chi connectivity index (χ0) is 11.7. The summed E-state index contributed by atoms with van der Waals surface area (Å²) in [5, 5.41) is 7.42. The van der Waals surface area contributed by atoms with Crippen LogP contribution in [-0.4, -0.2) is 29.3 Å². The van der Waals surface area contributed by atoms with Crippen molar-refractivity contribution in [3.8, 4) is 0 Å².